The molecular weight excluding hydrogens is 198 g/mol. The van der Waals surface area contributed by atoms with Gasteiger partial charge in [-0.3, -0.25) is 0 Å². The molecule has 2 atom stereocenters. The van der Waals surface area contributed by atoms with Crippen molar-refractivity contribution in [3.63, 3.8) is 0 Å². The minimum Gasteiger partial charge on any atom is -0.330 e. The highest BCUT2D eigenvalue weighted by Gasteiger charge is 2.25. The average molecular weight is 221 g/mol. The van der Waals surface area contributed by atoms with Gasteiger partial charge in [-0.1, -0.05) is 26.2 Å². The Bertz CT molecular complexity index is 319. The summed E-state index contributed by atoms with van der Waals surface area (Å²) in [6.07, 6.45) is 10.8. The molecule has 3 nitrogen and oxygen atoms in total. The molecule has 1 aliphatic rings. The van der Waals surface area contributed by atoms with Crippen LogP contribution in [0, 0.1) is 5.92 Å². The first-order valence-corrected chi connectivity index (χ1v) is 6.52. The van der Waals surface area contributed by atoms with Crippen molar-refractivity contribution >= 4 is 0 Å². The Balaban J connectivity index is 2.16. The zero-order valence-electron chi connectivity index (χ0n) is 10.4. The Labute approximate surface area is 98.3 Å². The highest BCUT2D eigenvalue weighted by molar-refractivity contribution is 5.01. The van der Waals surface area contributed by atoms with Gasteiger partial charge in [-0.2, -0.15) is 0 Å². The van der Waals surface area contributed by atoms with Crippen LogP contribution in [0.15, 0.2) is 12.5 Å². The highest BCUT2D eigenvalue weighted by Crippen LogP contribution is 2.36. The lowest BCUT2D eigenvalue weighted by molar-refractivity contribution is 0.228. The van der Waals surface area contributed by atoms with Gasteiger partial charge in [0.15, 0.2) is 0 Å². The molecular formula is C13H23N3. The van der Waals surface area contributed by atoms with Crippen LogP contribution in [0.3, 0.4) is 0 Å². The number of imidazole rings is 1. The first-order chi connectivity index (χ1) is 7.86. The standard InChI is InChI=1S/C13H23N3/c1-3-11-6-4-5-7-13(11)16-10-15-9-12(16)8-14-2/h9-11,13-14H,3-8H2,1-2H3. The summed E-state index contributed by atoms with van der Waals surface area (Å²) in [5.74, 6) is 0.846. The molecule has 1 aromatic heterocycles. The maximum Gasteiger partial charge on any atom is 0.0951 e. The minimum absolute atomic E-state index is 0.685. The normalized spacial score (nSPS) is 25.9. The second-order valence-corrected chi connectivity index (χ2v) is 4.84. The van der Waals surface area contributed by atoms with Crippen LogP contribution < -0.4 is 5.32 Å². The Morgan fingerprint density at radius 1 is 1.44 bits per heavy atom. The molecule has 0 spiro atoms. The van der Waals surface area contributed by atoms with Gasteiger partial charge in [0.2, 0.25) is 0 Å². The average Bonchev–Trinajstić information content (AvgIpc) is 2.77. The summed E-state index contributed by atoms with van der Waals surface area (Å²) in [7, 11) is 2.00. The van der Waals surface area contributed by atoms with Gasteiger partial charge in [0.1, 0.15) is 0 Å². The molecule has 3 heteroatoms. The molecule has 16 heavy (non-hydrogen) atoms. The molecule has 90 valence electrons. The molecule has 1 aliphatic carbocycles. The number of nitrogens with zero attached hydrogens (tertiary/aromatic N) is 2. The van der Waals surface area contributed by atoms with Gasteiger partial charge < -0.3 is 9.88 Å². The van der Waals surface area contributed by atoms with Crippen LogP contribution in [-0.2, 0) is 6.54 Å². The molecule has 0 bridgehead atoms. The van der Waals surface area contributed by atoms with Crippen molar-refractivity contribution in [2.75, 3.05) is 7.05 Å². The molecule has 1 aromatic rings. The van der Waals surface area contributed by atoms with Gasteiger partial charge in [0.05, 0.1) is 12.0 Å². The van der Waals surface area contributed by atoms with Crippen LogP contribution >= 0.6 is 0 Å². The molecule has 1 heterocycles. The largest absolute Gasteiger partial charge is 0.330 e. The number of hydrogen-bond donors (Lipinski definition) is 1. The maximum absolute atomic E-state index is 4.31. The zero-order chi connectivity index (χ0) is 11.4. The first kappa shape index (κ1) is 11.6. The van der Waals surface area contributed by atoms with E-state index in [1.165, 1.54) is 37.8 Å². The second-order valence-electron chi connectivity index (χ2n) is 4.84. The summed E-state index contributed by atoms with van der Waals surface area (Å²) in [6.45, 7) is 3.24. The van der Waals surface area contributed by atoms with E-state index < -0.39 is 0 Å². The SMILES string of the molecule is CCC1CCCCC1n1cncc1CNC. The van der Waals surface area contributed by atoms with Crippen molar-refractivity contribution < 1.29 is 0 Å². The molecule has 1 saturated carbocycles. The molecule has 0 amide bonds. The molecule has 1 N–H and O–H groups in total. The van der Waals surface area contributed by atoms with E-state index >= 15 is 0 Å². The van der Waals surface area contributed by atoms with Crippen LogP contribution in [0.2, 0.25) is 0 Å². The van der Waals surface area contributed by atoms with Gasteiger partial charge in [0, 0.05) is 18.8 Å². The van der Waals surface area contributed by atoms with E-state index in [4.69, 9.17) is 0 Å². The van der Waals surface area contributed by atoms with Crippen molar-refractivity contribution in [1.29, 1.82) is 0 Å². The van der Waals surface area contributed by atoms with E-state index in [-0.39, 0.29) is 0 Å². The third kappa shape index (κ3) is 2.29. The summed E-state index contributed by atoms with van der Waals surface area (Å²) in [4.78, 5) is 4.31. The predicted octanol–water partition coefficient (Wildman–Crippen LogP) is 2.74. The molecule has 1 fully saturated rings. The van der Waals surface area contributed by atoms with E-state index in [1.54, 1.807) is 0 Å². The lowest BCUT2D eigenvalue weighted by atomic mass is 9.82. The van der Waals surface area contributed by atoms with Gasteiger partial charge in [-0.05, 0) is 25.8 Å². The van der Waals surface area contributed by atoms with E-state index in [1.807, 2.05) is 19.6 Å². The van der Waals surface area contributed by atoms with Crippen LogP contribution in [0.5, 0.6) is 0 Å². The number of hydrogen-bond acceptors (Lipinski definition) is 2. The Morgan fingerprint density at radius 3 is 3.00 bits per heavy atom. The van der Waals surface area contributed by atoms with Crippen molar-refractivity contribution in [2.24, 2.45) is 5.92 Å². The molecule has 0 aliphatic heterocycles. The summed E-state index contributed by atoms with van der Waals surface area (Å²) in [5.41, 5.74) is 1.33. The van der Waals surface area contributed by atoms with Crippen molar-refractivity contribution in [3.05, 3.63) is 18.2 Å². The lowest BCUT2D eigenvalue weighted by Crippen LogP contribution is -2.24. The van der Waals surface area contributed by atoms with Crippen LogP contribution in [0.25, 0.3) is 0 Å². The molecule has 2 rings (SSSR count). The van der Waals surface area contributed by atoms with Crippen LogP contribution in [0.4, 0.5) is 0 Å². The Hall–Kier alpha value is -0.830. The summed E-state index contributed by atoms with van der Waals surface area (Å²) in [6, 6.07) is 0.685. The third-order valence-corrected chi connectivity index (χ3v) is 3.85. The fourth-order valence-corrected chi connectivity index (χ4v) is 2.98. The van der Waals surface area contributed by atoms with Crippen LogP contribution in [-0.4, -0.2) is 16.6 Å². The van der Waals surface area contributed by atoms with Gasteiger partial charge in [-0.25, -0.2) is 4.98 Å². The second kappa shape index (κ2) is 5.48. The highest BCUT2D eigenvalue weighted by atomic mass is 15.1. The van der Waals surface area contributed by atoms with E-state index in [9.17, 15) is 0 Å². The van der Waals surface area contributed by atoms with Crippen molar-refractivity contribution in [3.8, 4) is 0 Å². The van der Waals surface area contributed by atoms with E-state index in [0.29, 0.717) is 6.04 Å². The number of nitrogens with one attached hydrogen (secondary N) is 1. The summed E-state index contributed by atoms with van der Waals surface area (Å²) in [5, 5.41) is 3.22. The summed E-state index contributed by atoms with van der Waals surface area (Å²) < 4.78 is 2.41. The molecule has 0 radical (unpaired) electrons. The molecule has 2 unspecified atom stereocenters. The van der Waals surface area contributed by atoms with E-state index in [0.717, 1.165) is 12.5 Å². The zero-order valence-corrected chi connectivity index (χ0v) is 10.4. The lowest BCUT2D eigenvalue weighted by Gasteiger charge is -2.33. The minimum atomic E-state index is 0.685. The predicted molar refractivity (Wildman–Crippen MR) is 66.3 cm³/mol. The van der Waals surface area contributed by atoms with Gasteiger partial charge in [0.25, 0.3) is 0 Å². The first-order valence-electron chi connectivity index (χ1n) is 6.52. The molecule has 0 aromatic carbocycles. The monoisotopic (exact) mass is 221 g/mol. The van der Waals surface area contributed by atoms with Crippen LogP contribution in [0.1, 0.15) is 50.8 Å². The maximum atomic E-state index is 4.31. The smallest absolute Gasteiger partial charge is 0.0951 e. The van der Waals surface area contributed by atoms with Gasteiger partial charge >= 0.3 is 0 Å². The fourth-order valence-electron chi connectivity index (χ4n) is 2.98. The number of aromatic nitrogens is 2. The van der Waals surface area contributed by atoms with E-state index in [2.05, 4.69) is 21.8 Å². The van der Waals surface area contributed by atoms with Gasteiger partial charge in [-0.15, -0.1) is 0 Å². The molecule has 0 saturated heterocycles. The third-order valence-electron chi connectivity index (χ3n) is 3.85. The fraction of sp³-hybridized carbons (Fsp3) is 0.769. The Morgan fingerprint density at radius 2 is 2.25 bits per heavy atom. The van der Waals surface area contributed by atoms with Crippen molar-refractivity contribution in [1.82, 2.24) is 14.9 Å². The number of rotatable bonds is 4. The Kier molecular flexibility index (Phi) is 3.99. The van der Waals surface area contributed by atoms with Crippen molar-refractivity contribution in [2.45, 2.75) is 51.6 Å². The summed E-state index contributed by atoms with van der Waals surface area (Å²) >= 11 is 0. The quantitative estimate of drug-likeness (QED) is 0.847. The topological polar surface area (TPSA) is 29.9 Å².